The topological polar surface area (TPSA) is 75.8 Å². The zero-order valence-corrected chi connectivity index (χ0v) is 11.3. The van der Waals surface area contributed by atoms with Gasteiger partial charge in [0.1, 0.15) is 12.4 Å². The van der Waals surface area contributed by atoms with Gasteiger partial charge in [-0.25, -0.2) is 0 Å². The van der Waals surface area contributed by atoms with Crippen molar-refractivity contribution >= 4 is 11.6 Å². The number of hydrogen-bond acceptors (Lipinski definition) is 4. The second-order valence-corrected chi connectivity index (χ2v) is 4.92. The van der Waals surface area contributed by atoms with E-state index in [1.807, 2.05) is 26.0 Å². The Morgan fingerprint density at radius 2 is 2.26 bits per heavy atom. The molecule has 0 saturated heterocycles. The highest BCUT2D eigenvalue weighted by Crippen LogP contribution is 2.36. The van der Waals surface area contributed by atoms with Gasteiger partial charge in [0.25, 0.3) is 0 Å². The molecule has 0 aliphatic carbocycles. The van der Waals surface area contributed by atoms with E-state index in [1.54, 1.807) is 4.90 Å². The molecule has 5 heteroatoms. The number of anilines is 1. The average molecular weight is 264 g/mol. The molecule has 1 aliphatic heterocycles. The number of aliphatic hydroxyl groups is 1. The summed E-state index contributed by atoms with van der Waals surface area (Å²) in [4.78, 5) is 13.9. The monoisotopic (exact) mass is 264 g/mol. The van der Waals surface area contributed by atoms with Crippen LogP contribution in [0.4, 0.5) is 5.69 Å². The van der Waals surface area contributed by atoms with Gasteiger partial charge in [0.2, 0.25) is 5.91 Å². The molecule has 0 bridgehead atoms. The number of fused-ring (bicyclic) bond motifs is 1. The Morgan fingerprint density at radius 3 is 2.95 bits per heavy atom. The van der Waals surface area contributed by atoms with Crippen LogP contribution in [0.5, 0.6) is 5.75 Å². The number of hydrogen-bond donors (Lipinski definition) is 2. The minimum atomic E-state index is -0.787. The van der Waals surface area contributed by atoms with E-state index < -0.39 is 6.10 Å². The van der Waals surface area contributed by atoms with Crippen LogP contribution in [0.1, 0.15) is 17.5 Å². The van der Waals surface area contributed by atoms with Crippen LogP contribution in [0.3, 0.4) is 0 Å². The molecule has 5 nitrogen and oxygen atoms in total. The van der Waals surface area contributed by atoms with E-state index in [4.69, 9.17) is 10.5 Å². The Kier molecular flexibility index (Phi) is 4.07. The van der Waals surface area contributed by atoms with Crippen molar-refractivity contribution in [3.63, 3.8) is 0 Å². The molecule has 19 heavy (non-hydrogen) atoms. The number of aryl methyl sites for hydroxylation is 2. The lowest BCUT2D eigenvalue weighted by atomic mass is 10.1. The number of benzene rings is 1. The summed E-state index contributed by atoms with van der Waals surface area (Å²) in [6, 6.07) is 3.97. The average Bonchev–Trinajstić information content (AvgIpc) is 2.37. The van der Waals surface area contributed by atoms with Crippen molar-refractivity contribution < 1.29 is 14.6 Å². The summed E-state index contributed by atoms with van der Waals surface area (Å²) in [5.41, 5.74) is 8.24. The zero-order valence-electron chi connectivity index (χ0n) is 11.3. The quantitative estimate of drug-likeness (QED) is 0.844. The molecule has 3 N–H and O–H groups in total. The summed E-state index contributed by atoms with van der Waals surface area (Å²) in [5, 5.41) is 9.51. The number of aliphatic hydroxyl groups excluding tert-OH is 1. The van der Waals surface area contributed by atoms with Gasteiger partial charge >= 0.3 is 0 Å². The number of nitrogens with zero attached hydrogens (tertiary/aromatic N) is 1. The van der Waals surface area contributed by atoms with Crippen LogP contribution < -0.4 is 15.4 Å². The first kappa shape index (κ1) is 13.8. The van der Waals surface area contributed by atoms with Crippen LogP contribution in [0.25, 0.3) is 0 Å². The summed E-state index contributed by atoms with van der Waals surface area (Å²) in [6.45, 7) is 5.02. The van der Waals surface area contributed by atoms with Gasteiger partial charge in [-0.3, -0.25) is 4.79 Å². The first-order valence-electron chi connectivity index (χ1n) is 6.45. The molecule has 0 fully saturated rings. The Balaban J connectivity index is 2.29. The number of rotatable bonds is 3. The summed E-state index contributed by atoms with van der Waals surface area (Å²) in [6.07, 6.45) is -0.743. The van der Waals surface area contributed by atoms with Gasteiger partial charge in [0.15, 0.2) is 0 Å². The highest BCUT2D eigenvalue weighted by molar-refractivity contribution is 5.96. The summed E-state index contributed by atoms with van der Waals surface area (Å²) in [5.74, 6) is 0.639. The SMILES string of the molecule is Cc1cc(C)c2c(c1)N(C(=O)CC(O)CN)CCO2. The smallest absolute Gasteiger partial charge is 0.229 e. The molecule has 1 aromatic rings. The third-order valence-corrected chi connectivity index (χ3v) is 3.23. The van der Waals surface area contributed by atoms with Crippen LogP contribution in [0.2, 0.25) is 0 Å². The molecule has 0 spiro atoms. The first-order valence-corrected chi connectivity index (χ1v) is 6.45. The van der Waals surface area contributed by atoms with Crippen molar-refractivity contribution in [2.24, 2.45) is 5.73 Å². The van der Waals surface area contributed by atoms with Crippen LogP contribution in [-0.2, 0) is 4.79 Å². The molecule has 1 amide bonds. The maximum Gasteiger partial charge on any atom is 0.229 e. The first-order chi connectivity index (χ1) is 9.02. The number of carbonyl (C=O) groups is 1. The van der Waals surface area contributed by atoms with E-state index in [-0.39, 0.29) is 18.9 Å². The van der Waals surface area contributed by atoms with Gasteiger partial charge < -0.3 is 20.5 Å². The maximum absolute atomic E-state index is 12.2. The van der Waals surface area contributed by atoms with Crippen molar-refractivity contribution in [1.29, 1.82) is 0 Å². The Bertz CT molecular complexity index is 488. The van der Waals surface area contributed by atoms with Crippen molar-refractivity contribution in [1.82, 2.24) is 0 Å². The van der Waals surface area contributed by atoms with E-state index >= 15 is 0 Å². The number of amides is 1. The largest absolute Gasteiger partial charge is 0.489 e. The van der Waals surface area contributed by atoms with E-state index in [2.05, 4.69) is 0 Å². The maximum atomic E-state index is 12.2. The van der Waals surface area contributed by atoms with Crippen LogP contribution in [-0.4, -0.2) is 36.8 Å². The van der Waals surface area contributed by atoms with Gasteiger partial charge in [-0.2, -0.15) is 0 Å². The summed E-state index contributed by atoms with van der Waals surface area (Å²) in [7, 11) is 0. The number of ether oxygens (including phenoxy) is 1. The van der Waals surface area contributed by atoms with E-state index in [1.165, 1.54) is 0 Å². The van der Waals surface area contributed by atoms with E-state index in [9.17, 15) is 9.90 Å². The van der Waals surface area contributed by atoms with Crippen LogP contribution >= 0.6 is 0 Å². The zero-order chi connectivity index (χ0) is 14.0. The minimum absolute atomic E-state index is 0.0446. The molecule has 104 valence electrons. The van der Waals surface area contributed by atoms with Crippen molar-refractivity contribution in [3.8, 4) is 5.75 Å². The van der Waals surface area contributed by atoms with Gasteiger partial charge in [-0.1, -0.05) is 6.07 Å². The second-order valence-electron chi connectivity index (χ2n) is 4.92. The molecule has 1 heterocycles. The molecule has 0 radical (unpaired) electrons. The van der Waals surface area contributed by atoms with Gasteiger partial charge in [-0.05, 0) is 31.0 Å². The molecule has 1 aliphatic rings. The van der Waals surface area contributed by atoms with Gasteiger partial charge in [0, 0.05) is 6.54 Å². The fraction of sp³-hybridized carbons (Fsp3) is 0.500. The molecular weight excluding hydrogens is 244 g/mol. The third-order valence-electron chi connectivity index (χ3n) is 3.23. The predicted molar refractivity (Wildman–Crippen MR) is 73.4 cm³/mol. The third kappa shape index (κ3) is 2.88. The molecule has 0 saturated carbocycles. The van der Waals surface area contributed by atoms with Gasteiger partial charge in [0.05, 0.1) is 24.8 Å². The number of nitrogens with two attached hydrogens (primary N) is 1. The Morgan fingerprint density at radius 1 is 1.53 bits per heavy atom. The molecule has 2 rings (SSSR count). The van der Waals surface area contributed by atoms with Crippen molar-refractivity contribution in [2.45, 2.75) is 26.4 Å². The van der Waals surface area contributed by atoms with Crippen molar-refractivity contribution in [2.75, 3.05) is 24.6 Å². The summed E-state index contributed by atoms with van der Waals surface area (Å²) < 4.78 is 5.64. The fourth-order valence-corrected chi connectivity index (χ4v) is 2.33. The lowest BCUT2D eigenvalue weighted by Gasteiger charge is -2.31. The standard InChI is InChI=1S/C14H20N2O3/c1-9-5-10(2)14-12(6-9)16(3-4-19-14)13(18)7-11(17)8-15/h5-6,11,17H,3-4,7-8,15H2,1-2H3. The lowest BCUT2D eigenvalue weighted by Crippen LogP contribution is -2.40. The number of carbonyl (C=O) groups excluding carboxylic acids is 1. The highest BCUT2D eigenvalue weighted by atomic mass is 16.5. The molecule has 1 atom stereocenters. The molecule has 1 unspecified atom stereocenters. The van der Waals surface area contributed by atoms with Crippen molar-refractivity contribution in [3.05, 3.63) is 23.3 Å². The van der Waals surface area contributed by atoms with Crippen LogP contribution in [0, 0.1) is 13.8 Å². The Labute approximate surface area is 113 Å². The predicted octanol–water partition coefficient (Wildman–Crippen LogP) is 0.739. The normalized spacial score (nSPS) is 15.7. The summed E-state index contributed by atoms with van der Waals surface area (Å²) >= 11 is 0. The second kappa shape index (κ2) is 5.59. The molecule has 1 aromatic carbocycles. The van der Waals surface area contributed by atoms with Crippen LogP contribution in [0.15, 0.2) is 12.1 Å². The van der Waals surface area contributed by atoms with E-state index in [0.29, 0.717) is 13.2 Å². The molecular formula is C14H20N2O3. The lowest BCUT2D eigenvalue weighted by molar-refractivity contribution is -0.120. The van der Waals surface area contributed by atoms with E-state index in [0.717, 1.165) is 22.6 Å². The fourth-order valence-electron chi connectivity index (χ4n) is 2.33. The van der Waals surface area contributed by atoms with Gasteiger partial charge in [-0.15, -0.1) is 0 Å². The molecule has 0 aromatic heterocycles. The Hall–Kier alpha value is -1.59. The minimum Gasteiger partial charge on any atom is -0.489 e. The highest BCUT2D eigenvalue weighted by Gasteiger charge is 2.26.